The first-order valence-electron chi connectivity index (χ1n) is 6.52. The van der Waals surface area contributed by atoms with Crippen LogP contribution in [0.3, 0.4) is 0 Å². The van der Waals surface area contributed by atoms with Crippen LogP contribution in [0.2, 0.25) is 0 Å². The summed E-state index contributed by atoms with van der Waals surface area (Å²) in [7, 11) is 0. The van der Waals surface area contributed by atoms with E-state index in [-0.39, 0.29) is 11.6 Å². The number of aromatic nitrogens is 1. The van der Waals surface area contributed by atoms with Crippen molar-refractivity contribution in [3.8, 4) is 0 Å². The average Bonchev–Trinajstić information content (AvgIpc) is 2.40. The fourth-order valence-electron chi connectivity index (χ4n) is 2.05. The summed E-state index contributed by atoms with van der Waals surface area (Å²) in [5.41, 5.74) is 2.87. The Morgan fingerprint density at radius 3 is 2.55 bits per heavy atom. The van der Waals surface area contributed by atoms with Gasteiger partial charge in [-0.05, 0) is 36.1 Å². The van der Waals surface area contributed by atoms with Crippen molar-refractivity contribution in [3.05, 3.63) is 59.2 Å². The van der Waals surface area contributed by atoms with E-state index in [0.717, 1.165) is 16.8 Å². The van der Waals surface area contributed by atoms with Crippen molar-refractivity contribution in [1.82, 2.24) is 4.98 Å². The van der Waals surface area contributed by atoms with Gasteiger partial charge in [-0.25, -0.2) is 4.98 Å². The molecule has 0 aliphatic rings. The predicted octanol–water partition coefficient (Wildman–Crippen LogP) is 3.90. The maximum absolute atomic E-state index is 13.1. The number of para-hydroxylation sites is 1. The van der Waals surface area contributed by atoms with E-state index in [1.807, 2.05) is 25.1 Å². The second kappa shape index (κ2) is 5.82. The van der Waals surface area contributed by atoms with Gasteiger partial charge in [-0.2, -0.15) is 4.39 Å². The number of nitrogens with one attached hydrogen (secondary N) is 1. The molecule has 1 aromatic carbocycles. The molecule has 1 heterocycles. The molecule has 0 fully saturated rings. The average molecular weight is 272 g/mol. The largest absolute Gasteiger partial charge is 0.320 e. The Morgan fingerprint density at radius 2 is 1.90 bits per heavy atom. The highest BCUT2D eigenvalue weighted by atomic mass is 19.1. The number of carbonyl (C=O) groups excluding carboxylic acids is 1. The van der Waals surface area contributed by atoms with Crippen molar-refractivity contribution in [3.63, 3.8) is 0 Å². The van der Waals surface area contributed by atoms with Crippen LogP contribution >= 0.6 is 0 Å². The molecule has 0 saturated carbocycles. The van der Waals surface area contributed by atoms with Gasteiger partial charge in [0.25, 0.3) is 5.91 Å². The molecule has 2 aromatic rings. The van der Waals surface area contributed by atoms with Crippen LogP contribution in [0.4, 0.5) is 10.1 Å². The van der Waals surface area contributed by atoms with Crippen LogP contribution in [0.15, 0.2) is 36.4 Å². The summed E-state index contributed by atoms with van der Waals surface area (Å²) in [5.74, 6) is -0.780. The first-order chi connectivity index (χ1) is 9.49. The van der Waals surface area contributed by atoms with Gasteiger partial charge in [-0.1, -0.05) is 38.1 Å². The molecule has 0 aliphatic carbocycles. The van der Waals surface area contributed by atoms with E-state index in [2.05, 4.69) is 24.1 Å². The molecule has 2 rings (SSSR count). The Labute approximate surface area is 117 Å². The molecule has 4 heteroatoms. The first kappa shape index (κ1) is 14.2. The van der Waals surface area contributed by atoms with Crippen LogP contribution in [0.5, 0.6) is 0 Å². The minimum absolute atomic E-state index is 0.0722. The fraction of sp³-hybridized carbons (Fsp3) is 0.250. The Balaban J connectivity index is 2.33. The third kappa shape index (κ3) is 3.02. The highest BCUT2D eigenvalue weighted by Crippen LogP contribution is 2.27. The number of halogens is 1. The van der Waals surface area contributed by atoms with E-state index in [9.17, 15) is 9.18 Å². The molecule has 0 radical (unpaired) electrons. The molecule has 0 saturated heterocycles. The van der Waals surface area contributed by atoms with Gasteiger partial charge in [-0.15, -0.1) is 0 Å². The summed E-state index contributed by atoms with van der Waals surface area (Å²) < 4.78 is 13.1. The number of pyridine rings is 1. The number of amides is 1. The van der Waals surface area contributed by atoms with E-state index in [0.29, 0.717) is 0 Å². The third-order valence-electron chi connectivity index (χ3n) is 3.11. The summed E-state index contributed by atoms with van der Waals surface area (Å²) in [5, 5.41) is 2.84. The number of hydrogen-bond acceptors (Lipinski definition) is 2. The predicted molar refractivity (Wildman–Crippen MR) is 77.4 cm³/mol. The van der Waals surface area contributed by atoms with Crippen LogP contribution < -0.4 is 5.32 Å². The lowest BCUT2D eigenvalue weighted by atomic mass is 9.98. The van der Waals surface area contributed by atoms with Crippen molar-refractivity contribution in [1.29, 1.82) is 0 Å². The van der Waals surface area contributed by atoms with Crippen LogP contribution in [0, 0.1) is 12.9 Å². The lowest BCUT2D eigenvalue weighted by Crippen LogP contribution is -2.16. The smallest absolute Gasteiger partial charge is 0.274 e. The number of carbonyl (C=O) groups is 1. The summed E-state index contributed by atoms with van der Waals surface area (Å²) in [6.45, 7) is 6.05. The van der Waals surface area contributed by atoms with Gasteiger partial charge in [0.05, 0.1) is 0 Å². The molecule has 0 aliphatic heterocycles. The van der Waals surface area contributed by atoms with E-state index in [1.54, 1.807) is 0 Å². The Hall–Kier alpha value is -2.23. The maximum atomic E-state index is 13.1. The van der Waals surface area contributed by atoms with E-state index in [4.69, 9.17) is 0 Å². The van der Waals surface area contributed by atoms with Crippen LogP contribution in [-0.4, -0.2) is 10.9 Å². The zero-order valence-corrected chi connectivity index (χ0v) is 11.8. The molecule has 3 nitrogen and oxygen atoms in total. The molecular formula is C16H17FN2O. The fourth-order valence-corrected chi connectivity index (χ4v) is 2.05. The second-order valence-electron chi connectivity index (χ2n) is 4.99. The van der Waals surface area contributed by atoms with E-state index in [1.165, 1.54) is 18.2 Å². The summed E-state index contributed by atoms with van der Waals surface area (Å²) in [4.78, 5) is 15.7. The number of hydrogen-bond donors (Lipinski definition) is 1. The van der Waals surface area contributed by atoms with Gasteiger partial charge in [-0.3, -0.25) is 4.79 Å². The number of anilines is 1. The van der Waals surface area contributed by atoms with E-state index >= 15 is 0 Å². The second-order valence-corrected chi connectivity index (χ2v) is 4.99. The molecule has 0 bridgehead atoms. The van der Waals surface area contributed by atoms with E-state index < -0.39 is 11.9 Å². The van der Waals surface area contributed by atoms with Crippen molar-refractivity contribution < 1.29 is 9.18 Å². The van der Waals surface area contributed by atoms with Gasteiger partial charge >= 0.3 is 0 Å². The lowest BCUT2D eigenvalue weighted by Gasteiger charge is -2.16. The highest BCUT2D eigenvalue weighted by Gasteiger charge is 2.14. The van der Waals surface area contributed by atoms with Crippen LogP contribution in [0.25, 0.3) is 0 Å². The molecular weight excluding hydrogens is 255 g/mol. The minimum Gasteiger partial charge on any atom is -0.320 e. The molecule has 1 N–H and O–H groups in total. The van der Waals surface area contributed by atoms with Crippen LogP contribution in [0.1, 0.15) is 41.4 Å². The van der Waals surface area contributed by atoms with Gasteiger partial charge in [0, 0.05) is 5.69 Å². The zero-order valence-electron chi connectivity index (χ0n) is 11.8. The van der Waals surface area contributed by atoms with Gasteiger partial charge in [0.15, 0.2) is 0 Å². The molecule has 0 atom stereocenters. The standard InChI is InChI=1S/C16H17FN2O/c1-10(2)12-7-4-6-11(3)15(12)19-16(20)13-8-5-9-14(17)18-13/h4-10H,1-3H3,(H,19,20). The molecule has 1 amide bonds. The number of rotatable bonds is 3. The molecule has 1 aromatic heterocycles. The van der Waals surface area contributed by atoms with Crippen LogP contribution in [-0.2, 0) is 0 Å². The van der Waals surface area contributed by atoms with Crippen molar-refractivity contribution in [2.45, 2.75) is 26.7 Å². The van der Waals surface area contributed by atoms with Crippen molar-refractivity contribution >= 4 is 11.6 Å². The van der Waals surface area contributed by atoms with Crippen molar-refractivity contribution in [2.75, 3.05) is 5.32 Å². The number of nitrogens with zero attached hydrogens (tertiary/aromatic N) is 1. The quantitative estimate of drug-likeness (QED) is 0.861. The minimum atomic E-state index is -0.661. The van der Waals surface area contributed by atoms with Gasteiger partial charge in [0.1, 0.15) is 5.69 Å². The topological polar surface area (TPSA) is 42.0 Å². The van der Waals surface area contributed by atoms with Gasteiger partial charge in [0.2, 0.25) is 5.95 Å². The maximum Gasteiger partial charge on any atom is 0.274 e. The Morgan fingerprint density at radius 1 is 1.20 bits per heavy atom. The Bertz CT molecular complexity index is 638. The van der Waals surface area contributed by atoms with Gasteiger partial charge < -0.3 is 5.32 Å². The lowest BCUT2D eigenvalue weighted by molar-refractivity contribution is 0.102. The number of benzene rings is 1. The summed E-state index contributed by atoms with van der Waals surface area (Å²) in [6, 6.07) is 10.0. The normalized spacial score (nSPS) is 10.7. The first-order valence-corrected chi connectivity index (χ1v) is 6.52. The zero-order chi connectivity index (χ0) is 14.7. The number of aryl methyl sites for hydroxylation is 1. The summed E-state index contributed by atoms with van der Waals surface area (Å²) >= 11 is 0. The monoisotopic (exact) mass is 272 g/mol. The highest BCUT2D eigenvalue weighted by molar-refractivity contribution is 6.03. The molecule has 0 spiro atoms. The SMILES string of the molecule is Cc1cccc(C(C)C)c1NC(=O)c1cccc(F)n1. The molecule has 104 valence electrons. The summed E-state index contributed by atoms with van der Waals surface area (Å²) in [6.07, 6.45) is 0. The Kier molecular flexibility index (Phi) is 4.13. The molecule has 20 heavy (non-hydrogen) atoms. The van der Waals surface area contributed by atoms with Crippen molar-refractivity contribution in [2.24, 2.45) is 0 Å². The third-order valence-corrected chi connectivity index (χ3v) is 3.11. The molecule has 0 unspecified atom stereocenters.